The van der Waals surface area contributed by atoms with Crippen LogP contribution in [0.3, 0.4) is 0 Å². The third kappa shape index (κ3) is 3.06. The molecule has 0 aliphatic rings. The summed E-state index contributed by atoms with van der Waals surface area (Å²) in [5, 5.41) is 2.62. The number of halogens is 2. The molecule has 23 heavy (non-hydrogen) atoms. The molecule has 1 N–H and O–H groups in total. The average Bonchev–Trinajstić information content (AvgIpc) is 2.93. The summed E-state index contributed by atoms with van der Waals surface area (Å²) in [4.78, 5) is 16.4. The fourth-order valence-electron chi connectivity index (χ4n) is 2.11. The van der Waals surface area contributed by atoms with E-state index in [-0.39, 0.29) is 11.5 Å². The van der Waals surface area contributed by atoms with Gasteiger partial charge in [0, 0.05) is 23.2 Å². The molecule has 1 aromatic heterocycles. The number of nitrogens with zero attached hydrogens (tertiary/aromatic N) is 1. The SMILES string of the molecule is CC(C)c1nc2ccc(NC(=O)c3ccc(F)c(F)c3)cc2o1. The zero-order valence-electron chi connectivity index (χ0n) is 12.6. The number of carbonyl (C=O) groups is 1. The minimum Gasteiger partial charge on any atom is -0.440 e. The van der Waals surface area contributed by atoms with Gasteiger partial charge in [-0.05, 0) is 30.3 Å². The number of amides is 1. The molecule has 0 spiro atoms. The molecule has 6 heteroatoms. The van der Waals surface area contributed by atoms with Gasteiger partial charge in [0.15, 0.2) is 23.1 Å². The molecule has 3 aromatic rings. The van der Waals surface area contributed by atoms with Gasteiger partial charge in [-0.2, -0.15) is 0 Å². The molecule has 0 aliphatic carbocycles. The van der Waals surface area contributed by atoms with E-state index in [0.717, 1.165) is 12.1 Å². The van der Waals surface area contributed by atoms with Crippen molar-refractivity contribution in [3.8, 4) is 0 Å². The van der Waals surface area contributed by atoms with Crippen LogP contribution in [-0.4, -0.2) is 10.9 Å². The first-order valence-corrected chi connectivity index (χ1v) is 7.11. The predicted octanol–water partition coefficient (Wildman–Crippen LogP) is 4.48. The van der Waals surface area contributed by atoms with E-state index in [9.17, 15) is 13.6 Å². The largest absolute Gasteiger partial charge is 0.440 e. The monoisotopic (exact) mass is 316 g/mol. The number of aromatic nitrogens is 1. The number of oxazole rings is 1. The first kappa shape index (κ1) is 15.1. The van der Waals surface area contributed by atoms with E-state index < -0.39 is 17.5 Å². The molecule has 0 bridgehead atoms. The Morgan fingerprint density at radius 3 is 2.61 bits per heavy atom. The van der Waals surface area contributed by atoms with Crippen LogP contribution >= 0.6 is 0 Å². The number of rotatable bonds is 3. The molecule has 0 saturated carbocycles. The van der Waals surface area contributed by atoms with Crippen LogP contribution in [0.2, 0.25) is 0 Å². The van der Waals surface area contributed by atoms with Crippen molar-refractivity contribution in [3.05, 3.63) is 59.5 Å². The van der Waals surface area contributed by atoms with Crippen LogP contribution in [0, 0.1) is 11.6 Å². The van der Waals surface area contributed by atoms with Crippen molar-refractivity contribution in [2.45, 2.75) is 19.8 Å². The molecule has 1 amide bonds. The molecule has 0 fully saturated rings. The van der Waals surface area contributed by atoms with Crippen LogP contribution in [0.4, 0.5) is 14.5 Å². The maximum atomic E-state index is 13.2. The summed E-state index contributed by atoms with van der Waals surface area (Å²) in [5.41, 5.74) is 1.76. The number of anilines is 1. The normalized spacial score (nSPS) is 11.2. The molecule has 1 heterocycles. The summed E-state index contributed by atoms with van der Waals surface area (Å²) < 4.78 is 31.7. The van der Waals surface area contributed by atoms with E-state index in [1.165, 1.54) is 6.07 Å². The van der Waals surface area contributed by atoms with E-state index in [0.29, 0.717) is 22.7 Å². The maximum Gasteiger partial charge on any atom is 0.255 e. The van der Waals surface area contributed by atoms with Gasteiger partial charge in [0.25, 0.3) is 5.91 Å². The van der Waals surface area contributed by atoms with Crippen molar-refractivity contribution in [1.29, 1.82) is 0 Å². The molecule has 2 aromatic carbocycles. The van der Waals surface area contributed by atoms with Crippen LogP contribution < -0.4 is 5.32 Å². The Hall–Kier alpha value is -2.76. The highest BCUT2D eigenvalue weighted by Gasteiger charge is 2.12. The van der Waals surface area contributed by atoms with Crippen molar-refractivity contribution in [1.82, 2.24) is 4.98 Å². The van der Waals surface area contributed by atoms with Crippen molar-refractivity contribution in [2.24, 2.45) is 0 Å². The van der Waals surface area contributed by atoms with Crippen molar-refractivity contribution in [2.75, 3.05) is 5.32 Å². The molecule has 4 nitrogen and oxygen atoms in total. The summed E-state index contributed by atoms with van der Waals surface area (Å²) in [6.45, 7) is 3.94. The van der Waals surface area contributed by atoms with Gasteiger partial charge in [-0.25, -0.2) is 13.8 Å². The van der Waals surface area contributed by atoms with Crippen LogP contribution in [0.25, 0.3) is 11.1 Å². The van der Waals surface area contributed by atoms with E-state index in [1.54, 1.807) is 18.2 Å². The standard InChI is InChI=1S/C17H14F2N2O2/c1-9(2)17-21-14-6-4-11(8-15(14)23-17)20-16(22)10-3-5-12(18)13(19)7-10/h3-9H,1-2H3,(H,20,22). The smallest absolute Gasteiger partial charge is 0.255 e. The Morgan fingerprint density at radius 1 is 1.13 bits per heavy atom. The molecule has 0 saturated heterocycles. The van der Waals surface area contributed by atoms with Crippen molar-refractivity contribution >= 4 is 22.7 Å². The molecule has 0 radical (unpaired) electrons. The molecular weight excluding hydrogens is 302 g/mol. The van der Waals surface area contributed by atoms with E-state index >= 15 is 0 Å². The Labute approximate surface area is 131 Å². The zero-order valence-corrected chi connectivity index (χ0v) is 12.6. The quantitative estimate of drug-likeness (QED) is 0.775. The molecule has 3 rings (SSSR count). The lowest BCUT2D eigenvalue weighted by Gasteiger charge is -2.05. The zero-order chi connectivity index (χ0) is 16.6. The molecule has 0 unspecified atom stereocenters. The second kappa shape index (κ2) is 5.79. The van der Waals surface area contributed by atoms with Gasteiger partial charge in [0.05, 0.1) is 0 Å². The van der Waals surface area contributed by atoms with E-state index in [2.05, 4.69) is 10.3 Å². The number of carbonyl (C=O) groups excluding carboxylic acids is 1. The minimum atomic E-state index is -1.06. The summed E-state index contributed by atoms with van der Waals surface area (Å²) in [6, 6.07) is 8.04. The second-order valence-corrected chi connectivity index (χ2v) is 5.47. The molecule has 118 valence electrons. The summed E-state index contributed by atoms with van der Waals surface area (Å²) in [5.74, 6) is -1.82. The van der Waals surface area contributed by atoms with Gasteiger partial charge in [0.2, 0.25) is 0 Å². The van der Waals surface area contributed by atoms with Gasteiger partial charge >= 0.3 is 0 Å². The fourth-order valence-corrected chi connectivity index (χ4v) is 2.11. The maximum absolute atomic E-state index is 13.2. The lowest BCUT2D eigenvalue weighted by atomic mass is 10.2. The van der Waals surface area contributed by atoms with Crippen molar-refractivity contribution < 1.29 is 18.0 Å². The summed E-state index contributed by atoms with van der Waals surface area (Å²) in [6.07, 6.45) is 0. The molecular formula is C17H14F2N2O2. The van der Waals surface area contributed by atoms with Gasteiger partial charge in [-0.1, -0.05) is 13.8 Å². The molecule has 0 atom stereocenters. The van der Waals surface area contributed by atoms with Gasteiger partial charge in [-0.3, -0.25) is 4.79 Å². The Balaban J connectivity index is 1.85. The number of benzene rings is 2. The topological polar surface area (TPSA) is 55.1 Å². The highest BCUT2D eigenvalue weighted by atomic mass is 19.2. The Kier molecular flexibility index (Phi) is 3.82. The Bertz CT molecular complexity index is 887. The highest BCUT2D eigenvalue weighted by Crippen LogP contribution is 2.24. The number of fused-ring (bicyclic) bond motifs is 1. The highest BCUT2D eigenvalue weighted by molar-refractivity contribution is 6.04. The second-order valence-electron chi connectivity index (χ2n) is 5.47. The Morgan fingerprint density at radius 2 is 1.91 bits per heavy atom. The van der Waals surface area contributed by atoms with Crippen LogP contribution in [0.5, 0.6) is 0 Å². The van der Waals surface area contributed by atoms with Crippen LogP contribution in [0.1, 0.15) is 36.0 Å². The fraction of sp³-hybridized carbons (Fsp3) is 0.176. The lowest BCUT2D eigenvalue weighted by molar-refractivity contribution is 0.102. The summed E-state index contributed by atoms with van der Waals surface area (Å²) in [7, 11) is 0. The first-order valence-electron chi connectivity index (χ1n) is 7.11. The van der Waals surface area contributed by atoms with Gasteiger partial charge in [-0.15, -0.1) is 0 Å². The van der Waals surface area contributed by atoms with Crippen LogP contribution in [0.15, 0.2) is 40.8 Å². The van der Waals surface area contributed by atoms with Crippen molar-refractivity contribution in [3.63, 3.8) is 0 Å². The van der Waals surface area contributed by atoms with E-state index in [1.807, 2.05) is 13.8 Å². The molecule has 0 aliphatic heterocycles. The minimum absolute atomic E-state index is 0.0319. The third-order valence-electron chi connectivity index (χ3n) is 3.34. The predicted molar refractivity (Wildman–Crippen MR) is 82.4 cm³/mol. The number of nitrogens with one attached hydrogen (secondary N) is 1. The third-order valence-corrected chi connectivity index (χ3v) is 3.34. The first-order chi connectivity index (χ1) is 10.9. The number of hydrogen-bond donors (Lipinski definition) is 1. The van der Waals surface area contributed by atoms with Crippen LogP contribution in [-0.2, 0) is 0 Å². The van der Waals surface area contributed by atoms with E-state index in [4.69, 9.17) is 4.42 Å². The lowest BCUT2D eigenvalue weighted by Crippen LogP contribution is -2.12. The summed E-state index contributed by atoms with van der Waals surface area (Å²) >= 11 is 0. The number of hydrogen-bond acceptors (Lipinski definition) is 3. The van der Waals surface area contributed by atoms with Gasteiger partial charge < -0.3 is 9.73 Å². The van der Waals surface area contributed by atoms with Gasteiger partial charge in [0.1, 0.15) is 5.52 Å². The average molecular weight is 316 g/mol.